The average Bonchev–Trinajstić information content (AvgIpc) is 3.01. The van der Waals surface area contributed by atoms with Crippen LogP contribution >= 0.6 is 11.6 Å². The molecule has 0 amide bonds. The molecule has 94 valence electrons. The molecule has 1 nitrogen and oxygen atoms in total. The Labute approximate surface area is 107 Å². The summed E-state index contributed by atoms with van der Waals surface area (Å²) < 4.78 is 13.7. The topological polar surface area (TPSA) is 12.0 Å². The molecule has 0 spiro atoms. The third-order valence-electron chi connectivity index (χ3n) is 3.77. The highest BCUT2D eigenvalue weighted by Crippen LogP contribution is 2.49. The van der Waals surface area contributed by atoms with E-state index in [1.165, 1.54) is 18.9 Å². The van der Waals surface area contributed by atoms with Gasteiger partial charge in [0.25, 0.3) is 0 Å². The van der Waals surface area contributed by atoms with Crippen molar-refractivity contribution in [2.75, 3.05) is 6.54 Å². The number of likely N-dealkylation sites (N-methyl/N-ethyl adjacent to an activating group) is 1. The van der Waals surface area contributed by atoms with Gasteiger partial charge in [0.2, 0.25) is 0 Å². The van der Waals surface area contributed by atoms with E-state index in [-0.39, 0.29) is 5.82 Å². The van der Waals surface area contributed by atoms with Gasteiger partial charge >= 0.3 is 0 Å². The number of hydrogen-bond donors (Lipinski definition) is 1. The van der Waals surface area contributed by atoms with Gasteiger partial charge in [-0.25, -0.2) is 4.39 Å². The molecule has 1 fully saturated rings. The lowest BCUT2D eigenvalue weighted by Gasteiger charge is -2.24. The standard InChI is InChI=1S/C14H19ClFN/c1-3-17-13(14(2)6-7-14)8-10-4-5-11(15)9-12(10)16/h4-5,9,13,17H,3,6-8H2,1-2H3. The predicted molar refractivity (Wildman–Crippen MR) is 69.9 cm³/mol. The minimum Gasteiger partial charge on any atom is -0.313 e. The minimum atomic E-state index is -0.190. The maximum Gasteiger partial charge on any atom is 0.127 e. The molecule has 1 aromatic carbocycles. The van der Waals surface area contributed by atoms with Crippen LogP contribution in [0.2, 0.25) is 5.02 Å². The fourth-order valence-electron chi connectivity index (χ4n) is 2.26. The van der Waals surface area contributed by atoms with E-state index >= 15 is 0 Å². The van der Waals surface area contributed by atoms with Gasteiger partial charge in [-0.3, -0.25) is 0 Å². The molecule has 1 aliphatic rings. The Kier molecular flexibility index (Phi) is 3.74. The van der Waals surface area contributed by atoms with Crippen molar-refractivity contribution in [3.8, 4) is 0 Å². The summed E-state index contributed by atoms with van der Waals surface area (Å²) in [6.07, 6.45) is 3.22. The zero-order valence-electron chi connectivity index (χ0n) is 10.4. The molecule has 0 aliphatic heterocycles. The van der Waals surface area contributed by atoms with Crippen molar-refractivity contribution in [1.29, 1.82) is 0 Å². The monoisotopic (exact) mass is 255 g/mol. The number of halogens is 2. The number of hydrogen-bond acceptors (Lipinski definition) is 1. The maximum absolute atomic E-state index is 13.7. The highest BCUT2D eigenvalue weighted by Gasteiger charge is 2.44. The van der Waals surface area contributed by atoms with Crippen LogP contribution in [0.1, 0.15) is 32.3 Å². The summed E-state index contributed by atoms with van der Waals surface area (Å²) in [7, 11) is 0. The third-order valence-corrected chi connectivity index (χ3v) is 4.00. The largest absolute Gasteiger partial charge is 0.313 e. The molecule has 1 unspecified atom stereocenters. The molecule has 3 heteroatoms. The van der Waals surface area contributed by atoms with Gasteiger partial charge in [0.15, 0.2) is 0 Å². The van der Waals surface area contributed by atoms with Crippen molar-refractivity contribution < 1.29 is 4.39 Å². The molecule has 2 rings (SSSR count). The Morgan fingerprint density at radius 2 is 2.18 bits per heavy atom. The molecule has 0 saturated heterocycles. The fraction of sp³-hybridized carbons (Fsp3) is 0.571. The summed E-state index contributed by atoms with van der Waals surface area (Å²) in [4.78, 5) is 0. The molecule has 17 heavy (non-hydrogen) atoms. The zero-order chi connectivity index (χ0) is 12.5. The average molecular weight is 256 g/mol. The molecule has 0 heterocycles. The van der Waals surface area contributed by atoms with E-state index in [0.717, 1.165) is 18.5 Å². The van der Waals surface area contributed by atoms with Crippen molar-refractivity contribution in [2.24, 2.45) is 5.41 Å². The normalized spacial score (nSPS) is 19.1. The van der Waals surface area contributed by atoms with Crippen LogP contribution in [0.4, 0.5) is 4.39 Å². The third kappa shape index (κ3) is 2.99. The lowest BCUT2D eigenvalue weighted by Crippen LogP contribution is -2.38. The summed E-state index contributed by atoms with van der Waals surface area (Å²) in [5.41, 5.74) is 1.11. The first-order valence-electron chi connectivity index (χ1n) is 6.22. The van der Waals surface area contributed by atoms with Crippen molar-refractivity contribution in [2.45, 2.75) is 39.2 Å². The molecule has 0 bridgehead atoms. The number of rotatable bonds is 5. The first-order valence-corrected chi connectivity index (χ1v) is 6.60. The van der Waals surface area contributed by atoms with Crippen LogP contribution in [0.3, 0.4) is 0 Å². The summed E-state index contributed by atoms with van der Waals surface area (Å²) in [5.74, 6) is -0.190. The molecule has 1 aliphatic carbocycles. The van der Waals surface area contributed by atoms with Gasteiger partial charge in [-0.15, -0.1) is 0 Å². The van der Waals surface area contributed by atoms with E-state index in [1.54, 1.807) is 12.1 Å². The molecule has 1 atom stereocenters. The molecule has 1 N–H and O–H groups in total. The van der Waals surface area contributed by atoms with Gasteiger partial charge in [0, 0.05) is 11.1 Å². The SMILES string of the molecule is CCNC(Cc1ccc(Cl)cc1F)C1(C)CC1. The maximum atomic E-state index is 13.7. The first-order chi connectivity index (χ1) is 8.05. The van der Waals surface area contributed by atoms with E-state index in [4.69, 9.17) is 11.6 Å². The van der Waals surface area contributed by atoms with Crippen LogP contribution in [0.5, 0.6) is 0 Å². The van der Waals surface area contributed by atoms with Gasteiger partial charge in [-0.05, 0) is 48.9 Å². The van der Waals surface area contributed by atoms with Crippen LogP contribution in [0.25, 0.3) is 0 Å². The molecule has 1 aromatic rings. The van der Waals surface area contributed by atoms with Crippen LogP contribution in [-0.4, -0.2) is 12.6 Å². The molecule has 0 aromatic heterocycles. The van der Waals surface area contributed by atoms with Gasteiger partial charge in [0.1, 0.15) is 5.82 Å². The van der Waals surface area contributed by atoms with Gasteiger partial charge in [-0.1, -0.05) is 31.5 Å². The summed E-state index contributed by atoms with van der Waals surface area (Å²) in [6.45, 7) is 5.29. The van der Waals surface area contributed by atoms with Crippen molar-refractivity contribution in [3.05, 3.63) is 34.6 Å². The van der Waals surface area contributed by atoms with Crippen molar-refractivity contribution in [3.63, 3.8) is 0 Å². The number of benzene rings is 1. The quantitative estimate of drug-likeness (QED) is 0.844. The predicted octanol–water partition coefficient (Wildman–Crippen LogP) is 3.80. The van der Waals surface area contributed by atoms with Crippen LogP contribution in [-0.2, 0) is 6.42 Å². The lowest BCUT2D eigenvalue weighted by molar-refractivity contribution is 0.357. The van der Waals surface area contributed by atoms with E-state index in [2.05, 4.69) is 19.2 Å². The second kappa shape index (κ2) is 4.95. The van der Waals surface area contributed by atoms with E-state index in [1.807, 2.05) is 0 Å². The minimum absolute atomic E-state index is 0.190. The second-order valence-electron chi connectivity index (χ2n) is 5.20. The Bertz CT molecular complexity index is 401. The van der Waals surface area contributed by atoms with Gasteiger partial charge in [0.05, 0.1) is 0 Å². The molecular formula is C14H19ClFN. The van der Waals surface area contributed by atoms with E-state index in [9.17, 15) is 4.39 Å². The molecule has 0 radical (unpaired) electrons. The number of nitrogens with one attached hydrogen (secondary N) is 1. The first kappa shape index (κ1) is 12.8. The summed E-state index contributed by atoms with van der Waals surface area (Å²) in [6, 6.07) is 5.32. The molecule has 1 saturated carbocycles. The zero-order valence-corrected chi connectivity index (χ0v) is 11.1. The molecular weight excluding hydrogens is 237 g/mol. The van der Waals surface area contributed by atoms with Crippen LogP contribution in [0.15, 0.2) is 18.2 Å². The Hall–Kier alpha value is -0.600. The van der Waals surface area contributed by atoms with Crippen LogP contribution in [0, 0.1) is 11.2 Å². The van der Waals surface area contributed by atoms with Crippen molar-refractivity contribution in [1.82, 2.24) is 5.32 Å². The lowest BCUT2D eigenvalue weighted by atomic mass is 9.92. The Morgan fingerprint density at radius 1 is 1.47 bits per heavy atom. The summed E-state index contributed by atoms with van der Waals surface area (Å²) >= 11 is 5.76. The Morgan fingerprint density at radius 3 is 2.71 bits per heavy atom. The second-order valence-corrected chi connectivity index (χ2v) is 5.64. The van der Waals surface area contributed by atoms with Gasteiger partial charge in [-0.2, -0.15) is 0 Å². The smallest absolute Gasteiger partial charge is 0.127 e. The summed E-state index contributed by atoms with van der Waals surface area (Å²) in [5, 5.41) is 3.94. The van der Waals surface area contributed by atoms with Crippen LogP contribution < -0.4 is 5.32 Å². The van der Waals surface area contributed by atoms with E-state index in [0.29, 0.717) is 16.5 Å². The highest BCUT2D eigenvalue weighted by atomic mass is 35.5. The van der Waals surface area contributed by atoms with Gasteiger partial charge < -0.3 is 5.32 Å². The highest BCUT2D eigenvalue weighted by molar-refractivity contribution is 6.30. The fourth-order valence-corrected chi connectivity index (χ4v) is 2.42. The Balaban J connectivity index is 2.11. The van der Waals surface area contributed by atoms with Crippen molar-refractivity contribution >= 4 is 11.6 Å². The van der Waals surface area contributed by atoms with E-state index < -0.39 is 0 Å².